The summed E-state index contributed by atoms with van der Waals surface area (Å²) in [5.74, 6) is 2.03. The van der Waals surface area contributed by atoms with Gasteiger partial charge in [0.1, 0.15) is 11.6 Å². The normalized spacial score (nSPS) is 32.7. The number of aliphatic hydroxyl groups is 1. The second-order valence-electron chi connectivity index (χ2n) is 10.5. The van der Waals surface area contributed by atoms with E-state index in [0.29, 0.717) is 5.75 Å². The van der Waals surface area contributed by atoms with Crippen LogP contribution in [0.3, 0.4) is 0 Å². The van der Waals surface area contributed by atoms with Crippen molar-refractivity contribution in [1.29, 1.82) is 0 Å². The Morgan fingerprint density at radius 1 is 1.03 bits per heavy atom. The Morgan fingerprint density at radius 2 is 1.81 bits per heavy atom. The van der Waals surface area contributed by atoms with Crippen LogP contribution in [0.4, 0.5) is 0 Å². The molecule has 1 unspecified atom stereocenters. The van der Waals surface area contributed by atoms with Gasteiger partial charge in [-0.3, -0.25) is 4.90 Å². The van der Waals surface area contributed by atoms with Crippen molar-refractivity contribution in [2.45, 2.75) is 62.0 Å². The number of aromatic nitrogens is 2. The standard InChI is InChI=1S/C26H34N4O2/c31-21-5-4-20-16-23-26(32)9-14-29(12-6-24-27-10-1-11-28-24)13-7-25(26,22(20)17-21)8-15-30(23)18-19-2-3-19/h1,4-5,10-11,17,19,23,31-32H,2-3,6-9,12-16,18H2/t23?,25-,26+/m0/s1. The van der Waals surface area contributed by atoms with Crippen LogP contribution in [0.15, 0.2) is 36.7 Å². The average Bonchev–Trinajstić information content (AvgIpc) is 3.63. The molecule has 3 atom stereocenters. The first-order valence-corrected chi connectivity index (χ1v) is 12.3. The predicted molar refractivity (Wildman–Crippen MR) is 123 cm³/mol. The van der Waals surface area contributed by atoms with Gasteiger partial charge in [0.15, 0.2) is 0 Å². The number of phenolic OH excluding ortho intramolecular Hbond substituents is 1. The van der Waals surface area contributed by atoms with Crippen LogP contribution in [0.2, 0.25) is 0 Å². The summed E-state index contributed by atoms with van der Waals surface area (Å²) in [4.78, 5) is 13.9. The molecule has 4 aliphatic rings. The van der Waals surface area contributed by atoms with Crippen LogP contribution in [0.25, 0.3) is 0 Å². The molecule has 2 bridgehead atoms. The van der Waals surface area contributed by atoms with E-state index in [1.165, 1.54) is 24.0 Å². The molecule has 2 aliphatic heterocycles. The Morgan fingerprint density at radius 3 is 2.62 bits per heavy atom. The van der Waals surface area contributed by atoms with Crippen LogP contribution in [-0.2, 0) is 18.3 Å². The predicted octanol–water partition coefficient (Wildman–Crippen LogP) is 2.53. The molecule has 3 heterocycles. The van der Waals surface area contributed by atoms with Gasteiger partial charge < -0.3 is 15.1 Å². The van der Waals surface area contributed by atoms with E-state index in [1.807, 2.05) is 30.6 Å². The Bertz CT molecular complexity index is 981. The molecular formula is C26H34N4O2. The van der Waals surface area contributed by atoms with Crippen molar-refractivity contribution >= 4 is 0 Å². The molecule has 3 fully saturated rings. The summed E-state index contributed by atoms with van der Waals surface area (Å²) in [6.45, 7) is 4.95. The number of rotatable bonds is 5. The number of likely N-dealkylation sites (tertiary alicyclic amines) is 2. The third kappa shape index (κ3) is 3.35. The monoisotopic (exact) mass is 434 g/mol. The molecule has 32 heavy (non-hydrogen) atoms. The van der Waals surface area contributed by atoms with Crippen LogP contribution < -0.4 is 0 Å². The first kappa shape index (κ1) is 20.6. The van der Waals surface area contributed by atoms with Gasteiger partial charge in [0.2, 0.25) is 0 Å². The average molecular weight is 435 g/mol. The van der Waals surface area contributed by atoms with Gasteiger partial charge in [-0.1, -0.05) is 6.07 Å². The molecule has 1 aromatic carbocycles. The number of piperidine rings is 1. The van der Waals surface area contributed by atoms with Crippen molar-refractivity contribution < 1.29 is 10.2 Å². The zero-order valence-electron chi connectivity index (χ0n) is 18.8. The van der Waals surface area contributed by atoms with E-state index in [2.05, 4.69) is 25.8 Å². The fraction of sp³-hybridized carbons (Fsp3) is 0.615. The van der Waals surface area contributed by atoms with Gasteiger partial charge in [0.05, 0.1) is 5.60 Å². The highest BCUT2D eigenvalue weighted by atomic mass is 16.3. The summed E-state index contributed by atoms with van der Waals surface area (Å²) in [6, 6.07) is 7.92. The molecule has 0 spiro atoms. The maximum atomic E-state index is 12.5. The summed E-state index contributed by atoms with van der Waals surface area (Å²) >= 11 is 0. The Labute approximate surface area is 190 Å². The highest BCUT2D eigenvalue weighted by Gasteiger charge is 2.63. The largest absolute Gasteiger partial charge is 0.508 e. The number of aromatic hydroxyl groups is 1. The van der Waals surface area contributed by atoms with Crippen molar-refractivity contribution in [2.75, 3.05) is 32.7 Å². The molecule has 2 aliphatic carbocycles. The van der Waals surface area contributed by atoms with Crippen molar-refractivity contribution in [3.63, 3.8) is 0 Å². The fourth-order valence-corrected chi connectivity index (χ4v) is 6.85. The van der Waals surface area contributed by atoms with Crippen LogP contribution in [0, 0.1) is 5.92 Å². The van der Waals surface area contributed by atoms with Gasteiger partial charge in [-0.05, 0) is 86.9 Å². The minimum absolute atomic E-state index is 0.172. The first-order valence-electron chi connectivity index (χ1n) is 12.3. The second-order valence-corrected chi connectivity index (χ2v) is 10.5. The van der Waals surface area contributed by atoms with Crippen LogP contribution in [0.1, 0.15) is 49.1 Å². The molecule has 2 N–H and O–H groups in total. The van der Waals surface area contributed by atoms with Gasteiger partial charge in [-0.2, -0.15) is 0 Å². The lowest BCUT2D eigenvalue weighted by Gasteiger charge is -2.61. The van der Waals surface area contributed by atoms with Crippen LogP contribution in [0.5, 0.6) is 5.75 Å². The molecular weight excluding hydrogens is 400 g/mol. The lowest BCUT2D eigenvalue weighted by Crippen LogP contribution is -2.71. The van der Waals surface area contributed by atoms with E-state index >= 15 is 0 Å². The molecule has 2 saturated heterocycles. The number of nitrogens with zero attached hydrogens (tertiary/aromatic N) is 4. The minimum atomic E-state index is -0.751. The number of fused-ring (bicyclic) bond motifs is 1. The smallest absolute Gasteiger partial charge is 0.129 e. The maximum Gasteiger partial charge on any atom is 0.129 e. The molecule has 1 saturated carbocycles. The maximum absolute atomic E-state index is 12.5. The minimum Gasteiger partial charge on any atom is -0.508 e. The second kappa shape index (κ2) is 7.79. The SMILES string of the molecule is Oc1ccc2c(c1)[C@@]13CCN(CCc4ncccn4)CC[C@@]1(O)C(C2)N(CC1CC1)CC3. The van der Waals surface area contributed by atoms with Crippen molar-refractivity contribution in [3.05, 3.63) is 53.6 Å². The van der Waals surface area contributed by atoms with Gasteiger partial charge in [0, 0.05) is 49.9 Å². The van der Waals surface area contributed by atoms with Gasteiger partial charge in [0.25, 0.3) is 0 Å². The molecule has 170 valence electrons. The van der Waals surface area contributed by atoms with Gasteiger partial charge in [-0.25, -0.2) is 9.97 Å². The summed E-state index contributed by atoms with van der Waals surface area (Å²) in [7, 11) is 0. The lowest BCUT2D eigenvalue weighted by molar-refractivity contribution is -0.149. The molecule has 1 aromatic heterocycles. The zero-order valence-corrected chi connectivity index (χ0v) is 18.8. The van der Waals surface area contributed by atoms with Crippen molar-refractivity contribution in [1.82, 2.24) is 19.8 Å². The van der Waals surface area contributed by atoms with E-state index < -0.39 is 5.60 Å². The first-order chi connectivity index (χ1) is 15.6. The topological polar surface area (TPSA) is 72.7 Å². The number of hydrogen-bond acceptors (Lipinski definition) is 6. The Hall–Kier alpha value is -2.02. The van der Waals surface area contributed by atoms with E-state index in [4.69, 9.17) is 0 Å². The number of benzene rings is 1. The third-order valence-electron chi connectivity index (χ3n) is 8.79. The zero-order chi connectivity index (χ0) is 21.8. The molecule has 2 aromatic rings. The fourth-order valence-electron chi connectivity index (χ4n) is 6.85. The van der Waals surface area contributed by atoms with Crippen LogP contribution in [-0.4, -0.2) is 74.3 Å². The molecule has 0 radical (unpaired) electrons. The van der Waals surface area contributed by atoms with E-state index in [0.717, 1.165) is 76.6 Å². The summed E-state index contributed by atoms with van der Waals surface area (Å²) in [6.07, 6.45) is 10.7. The molecule has 0 amide bonds. The van der Waals surface area contributed by atoms with E-state index in [-0.39, 0.29) is 11.5 Å². The number of phenols is 1. The Balaban J connectivity index is 1.31. The van der Waals surface area contributed by atoms with Gasteiger partial charge in [-0.15, -0.1) is 0 Å². The van der Waals surface area contributed by atoms with Gasteiger partial charge >= 0.3 is 0 Å². The van der Waals surface area contributed by atoms with Crippen LogP contribution >= 0.6 is 0 Å². The van der Waals surface area contributed by atoms with E-state index in [1.54, 1.807) is 0 Å². The summed E-state index contributed by atoms with van der Waals surface area (Å²) in [5, 5.41) is 22.9. The highest BCUT2D eigenvalue weighted by Crippen LogP contribution is 2.56. The molecule has 6 heteroatoms. The van der Waals surface area contributed by atoms with Crippen molar-refractivity contribution in [3.8, 4) is 5.75 Å². The number of hydrogen-bond donors (Lipinski definition) is 2. The van der Waals surface area contributed by atoms with E-state index in [9.17, 15) is 10.2 Å². The summed E-state index contributed by atoms with van der Waals surface area (Å²) < 4.78 is 0. The quantitative estimate of drug-likeness (QED) is 0.754. The molecule has 6 rings (SSSR count). The third-order valence-corrected chi connectivity index (χ3v) is 8.79. The molecule has 6 nitrogen and oxygen atoms in total. The highest BCUT2D eigenvalue weighted by molar-refractivity contribution is 5.48. The lowest BCUT2D eigenvalue weighted by atomic mass is 9.52. The summed E-state index contributed by atoms with van der Waals surface area (Å²) in [5.41, 5.74) is 1.50. The van der Waals surface area contributed by atoms with Crippen molar-refractivity contribution in [2.24, 2.45) is 5.92 Å². The Kier molecular flexibility index (Phi) is 5.01.